The van der Waals surface area contributed by atoms with Gasteiger partial charge in [0.1, 0.15) is 5.75 Å². The van der Waals surface area contributed by atoms with E-state index in [4.69, 9.17) is 4.74 Å². The number of amides is 1. The molecule has 0 aliphatic carbocycles. The zero-order chi connectivity index (χ0) is 16.2. The van der Waals surface area contributed by atoms with Gasteiger partial charge in [-0.15, -0.1) is 0 Å². The van der Waals surface area contributed by atoms with Crippen LogP contribution in [0, 0.1) is 0 Å². The first-order valence-corrected chi connectivity index (χ1v) is 7.85. The third-order valence-electron chi connectivity index (χ3n) is 4.22. The first-order chi connectivity index (χ1) is 11.2. The average molecular weight is 315 g/mol. The number of carbonyl (C=O) groups excluding carboxylic acids is 1. The van der Waals surface area contributed by atoms with Crippen LogP contribution in [0.3, 0.4) is 0 Å². The molecule has 6 heteroatoms. The fourth-order valence-electron chi connectivity index (χ4n) is 2.92. The van der Waals surface area contributed by atoms with Gasteiger partial charge in [0.05, 0.1) is 12.6 Å². The lowest BCUT2D eigenvalue weighted by atomic mass is 10.2. The van der Waals surface area contributed by atoms with Gasteiger partial charge in [-0.25, -0.2) is 0 Å². The first kappa shape index (κ1) is 15.6. The Morgan fingerprint density at radius 2 is 2.00 bits per heavy atom. The summed E-state index contributed by atoms with van der Waals surface area (Å²) in [4.78, 5) is 26.3. The second-order valence-electron chi connectivity index (χ2n) is 5.63. The van der Waals surface area contributed by atoms with E-state index in [9.17, 15) is 9.59 Å². The number of hydrogen-bond acceptors (Lipinski definition) is 4. The van der Waals surface area contributed by atoms with Gasteiger partial charge in [-0.2, -0.15) is 0 Å². The van der Waals surface area contributed by atoms with Crippen LogP contribution in [0.2, 0.25) is 0 Å². The van der Waals surface area contributed by atoms with Crippen molar-refractivity contribution in [2.24, 2.45) is 0 Å². The molecule has 0 bridgehead atoms. The molecule has 1 aliphatic heterocycles. The lowest BCUT2D eigenvalue weighted by Gasteiger charge is -2.27. The average Bonchev–Trinajstić information content (AvgIpc) is 2.61. The van der Waals surface area contributed by atoms with Crippen LogP contribution in [0.1, 0.15) is 6.42 Å². The number of benzene rings is 1. The minimum atomic E-state index is -0.0872. The van der Waals surface area contributed by atoms with Crippen LogP contribution in [0.15, 0.2) is 35.1 Å². The lowest BCUT2D eigenvalue weighted by Crippen LogP contribution is -2.46. The molecule has 122 valence electrons. The Hall–Kier alpha value is -2.34. The number of carbonyl (C=O) groups is 1. The number of fused-ring (bicyclic) bond motifs is 1. The molecule has 1 N–H and O–H groups in total. The smallest absolute Gasteiger partial charge is 0.251 e. The van der Waals surface area contributed by atoms with Gasteiger partial charge >= 0.3 is 0 Å². The first-order valence-electron chi connectivity index (χ1n) is 7.85. The Kier molecular flexibility index (Phi) is 4.62. The Balaban J connectivity index is 1.80. The summed E-state index contributed by atoms with van der Waals surface area (Å²) in [6.45, 7) is 3.53. The van der Waals surface area contributed by atoms with Gasteiger partial charge in [-0.1, -0.05) is 0 Å². The van der Waals surface area contributed by atoms with Crippen molar-refractivity contribution in [1.82, 2.24) is 14.8 Å². The van der Waals surface area contributed by atoms with Crippen molar-refractivity contribution >= 4 is 16.8 Å². The lowest BCUT2D eigenvalue weighted by molar-refractivity contribution is -0.131. The molecular weight excluding hydrogens is 294 g/mol. The third kappa shape index (κ3) is 3.37. The molecule has 0 saturated carbocycles. The monoisotopic (exact) mass is 315 g/mol. The number of piperazine rings is 1. The number of rotatable bonds is 4. The van der Waals surface area contributed by atoms with Crippen molar-refractivity contribution in [2.45, 2.75) is 13.0 Å². The largest absolute Gasteiger partial charge is 0.497 e. The highest BCUT2D eigenvalue weighted by Crippen LogP contribution is 2.19. The third-order valence-corrected chi connectivity index (χ3v) is 4.22. The number of aromatic nitrogens is 1. The van der Waals surface area contributed by atoms with E-state index in [2.05, 4.69) is 5.32 Å². The number of nitrogens with zero attached hydrogens (tertiary/aromatic N) is 2. The Labute approximate surface area is 134 Å². The van der Waals surface area contributed by atoms with Crippen LogP contribution in [-0.2, 0) is 11.3 Å². The van der Waals surface area contributed by atoms with Gasteiger partial charge < -0.3 is 19.5 Å². The molecule has 1 amide bonds. The van der Waals surface area contributed by atoms with Crippen LogP contribution in [0.5, 0.6) is 5.75 Å². The fraction of sp³-hybridized carbons (Fsp3) is 0.412. The zero-order valence-electron chi connectivity index (χ0n) is 13.2. The van der Waals surface area contributed by atoms with E-state index in [1.54, 1.807) is 17.7 Å². The molecule has 2 heterocycles. The summed E-state index contributed by atoms with van der Waals surface area (Å²) in [5, 5.41) is 4.16. The predicted octanol–water partition coefficient (Wildman–Crippen LogP) is 0.832. The second kappa shape index (κ2) is 6.83. The Morgan fingerprint density at radius 1 is 1.22 bits per heavy atom. The molecule has 3 rings (SSSR count). The van der Waals surface area contributed by atoms with Crippen molar-refractivity contribution in [3.8, 4) is 5.75 Å². The van der Waals surface area contributed by atoms with Crippen LogP contribution in [0.25, 0.3) is 10.9 Å². The maximum atomic E-state index is 12.3. The van der Waals surface area contributed by atoms with E-state index in [-0.39, 0.29) is 11.5 Å². The van der Waals surface area contributed by atoms with E-state index in [1.165, 1.54) is 6.07 Å². The molecule has 23 heavy (non-hydrogen) atoms. The number of nitrogens with one attached hydrogen (secondary N) is 1. The van der Waals surface area contributed by atoms with Crippen molar-refractivity contribution in [3.63, 3.8) is 0 Å². The quantitative estimate of drug-likeness (QED) is 0.908. The summed E-state index contributed by atoms with van der Waals surface area (Å²) in [5.41, 5.74) is 0.738. The maximum absolute atomic E-state index is 12.3. The molecule has 0 spiro atoms. The molecule has 0 atom stereocenters. The summed E-state index contributed by atoms with van der Waals surface area (Å²) in [6.07, 6.45) is 0.338. The van der Waals surface area contributed by atoms with E-state index >= 15 is 0 Å². The maximum Gasteiger partial charge on any atom is 0.251 e. The van der Waals surface area contributed by atoms with E-state index in [0.717, 1.165) is 42.8 Å². The van der Waals surface area contributed by atoms with Crippen LogP contribution in [0.4, 0.5) is 0 Å². The number of aryl methyl sites for hydroxylation is 1. The highest BCUT2D eigenvalue weighted by atomic mass is 16.5. The van der Waals surface area contributed by atoms with E-state index < -0.39 is 0 Å². The number of ether oxygens (including phenoxy) is 1. The van der Waals surface area contributed by atoms with Crippen LogP contribution >= 0.6 is 0 Å². The Morgan fingerprint density at radius 3 is 2.74 bits per heavy atom. The highest BCUT2D eigenvalue weighted by Gasteiger charge is 2.16. The van der Waals surface area contributed by atoms with Crippen molar-refractivity contribution in [1.29, 1.82) is 0 Å². The molecule has 1 aliphatic rings. The molecule has 1 aromatic heterocycles. The van der Waals surface area contributed by atoms with Gasteiger partial charge in [0.15, 0.2) is 0 Å². The molecule has 2 aromatic rings. The van der Waals surface area contributed by atoms with E-state index in [0.29, 0.717) is 13.0 Å². The van der Waals surface area contributed by atoms with Gasteiger partial charge in [0, 0.05) is 50.6 Å². The zero-order valence-corrected chi connectivity index (χ0v) is 13.2. The molecule has 1 fully saturated rings. The van der Waals surface area contributed by atoms with Gasteiger partial charge in [-0.3, -0.25) is 9.59 Å². The minimum absolute atomic E-state index is 0.0872. The van der Waals surface area contributed by atoms with Crippen LogP contribution < -0.4 is 15.6 Å². The van der Waals surface area contributed by atoms with Gasteiger partial charge in [-0.05, 0) is 24.3 Å². The SMILES string of the molecule is COc1ccc2c(ccc(=O)n2CCC(=O)N2CCNCC2)c1. The number of hydrogen-bond donors (Lipinski definition) is 1. The molecular formula is C17H21N3O3. The predicted molar refractivity (Wildman–Crippen MR) is 88.8 cm³/mol. The highest BCUT2D eigenvalue weighted by molar-refractivity contribution is 5.81. The molecule has 0 radical (unpaired) electrons. The number of methoxy groups -OCH3 is 1. The second-order valence-corrected chi connectivity index (χ2v) is 5.63. The van der Waals surface area contributed by atoms with E-state index in [1.807, 2.05) is 23.1 Å². The van der Waals surface area contributed by atoms with Crippen molar-refractivity contribution < 1.29 is 9.53 Å². The summed E-state index contributed by atoms with van der Waals surface area (Å²) in [7, 11) is 1.61. The van der Waals surface area contributed by atoms with Crippen LogP contribution in [-0.4, -0.2) is 48.7 Å². The summed E-state index contributed by atoms with van der Waals surface area (Å²) in [5.74, 6) is 0.850. The molecule has 1 aromatic carbocycles. The minimum Gasteiger partial charge on any atom is -0.497 e. The van der Waals surface area contributed by atoms with Crippen molar-refractivity contribution in [3.05, 3.63) is 40.7 Å². The summed E-state index contributed by atoms with van der Waals surface area (Å²) in [6, 6.07) is 8.91. The fourth-order valence-corrected chi connectivity index (χ4v) is 2.92. The number of pyridine rings is 1. The molecule has 0 unspecified atom stereocenters. The van der Waals surface area contributed by atoms with Gasteiger partial charge in [0.25, 0.3) is 5.56 Å². The Bertz CT molecular complexity index is 763. The van der Waals surface area contributed by atoms with Crippen molar-refractivity contribution in [2.75, 3.05) is 33.3 Å². The molecule has 6 nitrogen and oxygen atoms in total. The van der Waals surface area contributed by atoms with Gasteiger partial charge in [0.2, 0.25) is 5.91 Å². The standard InChI is InChI=1S/C17H21N3O3/c1-23-14-3-4-15-13(12-14)2-5-17(22)20(15)9-6-16(21)19-10-7-18-8-11-19/h2-5,12,18H,6-11H2,1H3. The topological polar surface area (TPSA) is 63.6 Å². The summed E-state index contributed by atoms with van der Waals surface area (Å²) >= 11 is 0. The normalized spacial score (nSPS) is 14.9. The molecule has 1 saturated heterocycles. The summed E-state index contributed by atoms with van der Waals surface area (Å²) < 4.78 is 6.88.